The molecule has 9 nitrogen and oxygen atoms in total. The number of methoxy groups -OCH3 is 2. The van der Waals surface area contributed by atoms with Crippen LogP contribution in [0.4, 0.5) is 11.4 Å². The first kappa shape index (κ1) is 24.1. The Hall–Kier alpha value is -3.59. The summed E-state index contributed by atoms with van der Waals surface area (Å²) in [7, 11) is 4.53. The average Bonchev–Trinajstić information content (AvgIpc) is 3.02. The quantitative estimate of drug-likeness (QED) is 0.446. The summed E-state index contributed by atoms with van der Waals surface area (Å²) in [6.45, 7) is 5.46. The van der Waals surface area contributed by atoms with Gasteiger partial charge in [0.1, 0.15) is 11.4 Å². The maximum Gasteiger partial charge on any atom is 0.356 e. The van der Waals surface area contributed by atoms with Crippen molar-refractivity contribution >= 4 is 34.3 Å². The number of amides is 1. The van der Waals surface area contributed by atoms with E-state index in [1.807, 2.05) is 13.0 Å². The molecule has 3 N–H and O–H groups in total. The van der Waals surface area contributed by atoms with Crippen LogP contribution in [0.15, 0.2) is 36.5 Å². The summed E-state index contributed by atoms with van der Waals surface area (Å²) in [4.78, 5) is 30.0. The summed E-state index contributed by atoms with van der Waals surface area (Å²) in [5, 5.41) is 16.8. The molecule has 0 spiro atoms. The van der Waals surface area contributed by atoms with Crippen LogP contribution in [-0.2, 0) is 11.8 Å². The Balaban J connectivity index is 2.02. The second-order valence-electron chi connectivity index (χ2n) is 8.61. The number of fused-ring (bicyclic) bond motifs is 1. The van der Waals surface area contributed by atoms with Crippen LogP contribution in [0.25, 0.3) is 11.0 Å². The number of ether oxygens (including phenoxy) is 2. The normalized spacial score (nSPS) is 12.3. The number of aromatic nitrogens is 2. The van der Waals surface area contributed by atoms with Crippen LogP contribution in [0.3, 0.4) is 0 Å². The molecule has 0 aliphatic heterocycles. The molecular formula is C24H30N4O5. The largest absolute Gasteiger partial charge is 0.497 e. The molecule has 0 radical (unpaired) electrons. The highest BCUT2D eigenvalue weighted by molar-refractivity contribution is 6.14. The number of pyridine rings is 1. The second kappa shape index (κ2) is 9.50. The molecule has 0 unspecified atom stereocenters. The minimum absolute atomic E-state index is 0.0367. The Morgan fingerprint density at radius 1 is 1.21 bits per heavy atom. The molecule has 2 aromatic heterocycles. The minimum Gasteiger partial charge on any atom is -0.497 e. The Morgan fingerprint density at radius 3 is 2.45 bits per heavy atom. The lowest BCUT2D eigenvalue weighted by Crippen LogP contribution is -2.29. The van der Waals surface area contributed by atoms with Gasteiger partial charge in [0.25, 0.3) is 5.91 Å². The fraction of sp³-hybridized carbons (Fsp3) is 0.375. The summed E-state index contributed by atoms with van der Waals surface area (Å²) in [6.07, 6.45) is 2.17. The van der Waals surface area contributed by atoms with Crippen LogP contribution in [0.5, 0.6) is 5.75 Å². The van der Waals surface area contributed by atoms with E-state index in [9.17, 15) is 14.7 Å². The maximum atomic E-state index is 13.0. The molecule has 0 saturated heterocycles. The van der Waals surface area contributed by atoms with E-state index in [2.05, 4.69) is 15.6 Å². The minimum atomic E-state index is -0.827. The number of nitrogens with zero attached hydrogens (tertiary/aromatic N) is 2. The van der Waals surface area contributed by atoms with Gasteiger partial charge in [0.05, 0.1) is 37.4 Å². The molecule has 1 aromatic carbocycles. The molecule has 1 amide bonds. The first-order chi connectivity index (χ1) is 15.5. The van der Waals surface area contributed by atoms with Gasteiger partial charge in [0.2, 0.25) is 0 Å². The summed E-state index contributed by atoms with van der Waals surface area (Å²) in [5.41, 5.74) is 1.29. The number of carbonyl (C=O) groups is 2. The zero-order valence-corrected chi connectivity index (χ0v) is 19.7. The van der Waals surface area contributed by atoms with E-state index in [1.165, 1.54) is 7.11 Å². The van der Waals surface area contributed by atoms with Gasteiger partial charge in [0, 0.05) is 24.0 Å². The van der Waals surface area contributed by atoms with Gasteiger partial charge in [-0.3, -0.25) is 4.79 Å². The van der Waals surface area contributed by atoms with Gasteiger partial charge in [-0.05, 0) is 57.5 Å². The van der Waals surface area contributed by atoms with E-state index in [0.717, 1.165) is 0 Å². The van der Waals surface area contributed by atoms with E-state index in [-0.39, 0.29) is 17.6 Å². The van der Waals surface area contributed by atoms with Crippen molar-refractivity contribution in [1.29, 1.82) is 0 Å². The standard InChI is InChI=1S/C24H30N4O5/c1-14(12-24(2,3)31)26-16-11-18-19(20(23(30)33-6)28(4)21(18)25-13-16)27-22(29)15-7-9-17(32-5)10-8-15/h7-11,13-14,26,31H,12H2,1-6H3,(H,27,29)/t14-/m1/s1. The van der Waals surface area contributed by atoms with Crippen molar-refractivity contribution in [3.05, 3.63) is 47.8 Å². The smallest absolute Gasteiger partial charge is 0.356 e. The average molecular weight is 455 g/mol. The van der Waals surface area contributed by atoms with Crippen LogP contribution >= 0.6 is 0 Å². The van der Waals surface area contributed by atoms with Gasteiger partial charge in [-0.1, -0.05) is 0 Å². The fourth-order valence-electron chi connectivity index (χ4n) is 3.86. The molecular weight excluding hydrogens is 424 g/mol. The molecule has 33 heavy (non-hydrogen) atoms. The van der Waals surface area contributed by atoms with Crippen molar-refractivity contribution in [3.8, 4) is 5.75 Å². The molecule has 0 fully saturated rings. The lowest BCUT2D eigenvalue weighted by molar-refractivity contribution is 0.0591. The van der Waals surface area contributed by atoms with Crippen LogP contribution in [0.1, 0.15) is 48.0 Å². The second-order valence-corrected chi connectivity index (χ2v) is 8.61. The predicted molar refractivity (Wildman–Crippen MR) is 127 cm³/mol. The lowest BCUT2D eigenvalue weighted by Gasteiger charge is -2.23. The number of aliphatic hydroxyl groups is 1. The number of anilines is 2. The molecule has 3 rings (SSSR count). The highest BCUT2D eigenvalue weighted by Crippen LogP contribution is 2.32. The van der Waals surface area contributed by atoms with Gasteiger partial charge >= 0.3 is 5.97 Å². The maximum absolute atomic E-state index is 13.0. The number of carbonyl (C=O) groups excluding carboxylic acids is 2. The Labute approximate surface area is 192 Å². The van der Waals surface area contributed by atoms with E-state index >= 15 is 0 Å². The van der Waals surface area contributed by atoms with E-state index in [1.54, 1.807) is 63.0 Å². The monoisotopic (exact) mass is 454 g/mol. The van der Waals surface area contributed by atoms with Crippen LogP contribution in [0.2, 0.25) is 0 Å². The number of hydrogen-bond acceptors (Lipinski definition) is 7. The van der Waals surface area contributed by atoms with Gasteiger partial charge < -0.3 is 29.8 Å². The van der Waals surface area contributed by atoms with Crippen molar-refractivity contribution in [1.82, 2.24) is 9.55 Å². The SMILES string of the molecule is COC(=O)c1c(NC(=O)c2ccc(OC)cc2)c2cc(N[C@H](C)CC(C)(C)O)cnc2n1C. The summed E-state index contributed by atoms with van der Waals surface area (Å²) in [5.74, 6) is -0.346. The Kier molecular flexibility index (Phi) is 6.92. The molecule has 1 atom stereocenters. The number of nitrogens with one attached hydrogen (secondary N) is 2. The van der Waals surface area contributed by atoms with Crippen molar-refractivity contribution < 1.29 is 24.2 Å². The van der Waals surface area contributed by atoms with Crippen molar-refractivity contribution in [3.63, 3.8) is 0 Å². The topological polar surface area (TPSA) is 115 Å². The van der Waals surface area contributed by atoms with Crippen molar-refractivity contribution in [2.45, 2.75) is 38.8 Å². The molecule has 0 aliphatic rings. The van der Waals surface area contributed by atoms with Crippen LogP contribution in [-0.4, -0.2) is 52.4 Å². The zero-order valence-electron chi connectivity index (χ0n) is 19.7. The fourth-order valence-corrected chi connectivity index (χ4v) is 3.86. The van der Waals surface area contributed by atoms with E-state index in [4.69, 9.17) is 9.47 Å². The third-order valence-electron chi connectivity index (χ3n) is 5.21. The number of hydrogen-bond donors (Lipinski definition) is 3. The van der Waals surface area contributed by atoms with Gasteiger partial charge in [-0.15, -0.1) is 0 Å². The van der Waals surface area contributed by atoms with Crippen molar-refractivity contribution in [2.75, 3.05) is 24.9 Å². The van der Waals surface area contributed by atoms with Crippen molar-refractivity contribution in [2.24, 2.45) is 7.05 Å². The molecule has 0 bridgehead atoms. The van der Waals surface area contributed by atoms with Crippen LogP contribution in [0, 0.1) is 0 Å². The molecule has 3 aromatic rings. The van der Waals surface area contributed by atoms with Gasteiger partial charge in [-0.25, -0.2) is 9.78 Å². The summed E-state index contributed by atoms with van der Waals surface area (Å²) >= 11 is 0. The summed E-state index contributed by atoms with van der Waals surface area (Å²) < 4.78 is 11.7. The van der Waals surface area contributed by atoms with E-state index in [0.29, 0.717) is 40.1 Å². The molecule has 2 heterocycles. The summed E-state index contributed by atoms with van der Waals surface area (Å²) in [6, 6.07) is 8.44. The highest BCUT2D eigenvalue weighted by Gasteiger charge is 2.25. The first-order valence-corrected chi connectivity index (χ1v) is 10.5. The predicted octanol–water partition coefficient (Wildman–Crippen LogP) is 3.58. The molecule has 0 aliphatic carbocycles. The molecule has 9 heteroatoms. The third kappa shape index (κ3) is 5.43. The molecule has 176 valence electrons. The zero-order chi connectivity index (χ0) is 24.3. The number of rotatable bonds is 8. The first-order valence-electron chi connectivity index (χ1n) is 10.5. The lowest BCUT2D eigenvalue weighted by atomic mass is 10.0. The van der Waals surface area contributed by atoms with Crippen LogP contribution < -0.4 is 15.4 Å². The van der Waals surface area contributed by atoms with E-state index < -0.39 is 11.6 Å². The number of benzene rings is 1. The number of esters is 1. The highest BCUT2D eigenvalue weighted by atomic mass is 16.5. The van der Waals surface area contributed by atoms with Gasteiger partial charge in [-0.2, -0.15) is 0 Å². The van der Waals surface area contributed by atoms with Gasteiger partial charge in [0.15, 0.2) is 5.69 Å². The molecule has 0 saturated carbocycles. The Bertz CT molecular complexity index is 1160. The number of aryl methyl sites for hydroxylation is 1. The third-order valence-corrected chi connectivity index (χ3v) is 5.21. The Morgan fingerprint density at radius 2 is 1.88 bits per heavy atom.